The van der Waals surface area contributed by atoms with E-state index < -0.39 is 0 Å². The third-order valence-corrected chi connectivity index (χ3v) is 3.06. The van der Waals surface area contributed by atoms with Crippen molar-refractivity contribution in [3.63, 3.8) is 0 Å². The number of rotatable bonds is 4. The first kappa shape index (κ1) is 13.5. The number of H-pyrrole nitrogens is 1. The van der Waals surface area contributed by atoms with Gasteiger partial charge in [-0.05, 0) is 30.7 Å². The summed E-state index contributed by atoms with van der Waals surface area (Å²) in [5.41, 5.74) is 0.968. The van der Waals surface area contributed by atoms with Gasteiger partial charge in [0, 0.05) is 22.9 Å². The van der Waals surface area contributed by atoms with Crippen molar-refractivity contribution < 1.29 is 4.79 Å². The van der Waals surface area contributed by atoms with E-state index in [2.05, 4.69) is 31.2 Å². The van der Waals surface area contributed by atoms with Crippen LogP contribution in [0.25, 0.3) is 6.08 Å². The molecule has 1 amide bonds. The van der Waals surface area contributed by atoms with Crippen molar-refractivity contribution in [2.45, 2.75) is 13.0 Å². The highest BCUT2D eigenvalue weighted by Gasteiger charge is 2.08. The van der Waals surface area contributed by atoms with E-state index >= 15 is 0 Å². The molecule has 0 aliphatic heterocycles. The first-order chi connectivity index (χ1) is 9.15. The number of nitrogens with zero attached hydrogens (tertiary/aromatic N) is 1. The van der Waals surface area contributed by atoms with E-state index in [1.807, 2.05) is 31.2 Å². The Labute approximate surface area is 120 Å². The molecule has 0 fully saturated rings. The second-order valence-electron chi connectivity index (χ2n) is 4.09. The Morgan fingerprint density at radius 3 is 3.05 bits per heavy atom. The number of carbonyl (C=O) groups is 1. The molecule has 0 bridgehead atoms. The number of benzene rings is 1. The number of aromatic amines is 1. The molecule has 2 aromatic rings. The molecule has 1 aromatic heterocycles. The van der Waals surface area contributed by atoms with E-state index in [9.17, 15) is 4.79 Å². The number of amides is 1. The highest BCUT2D eigenvalue weighted by molar-refractivity contribution is 9.10. The molecule has 2 rings (SSSR count). The van der Waals surface area contributed by atoms with E-state index in [0.717, 1.165) is 15.9 Å². The highest BCUT2D eigenvalue weighted by Crippen LogP contribution is 2.12. The fraction of sp³-hybridized carbons (Fsp3) is 0.143. The zero-order valence-electron chi connectivity index (χ0n) is 10.4. The van der Waals surface area contributed by atoms with E-state index in [1.165, 1.54) is 6.08 Å². The van der Waals surface area contributed by atoms with E-state index in [0.29, 0.717) is 0 Å². The van der Waals surface area contributed by atoms with Crippen LogP contribution >= 0.6 is 15.9 Å². The number of hydrogen-bond donors (Lipinski definition) is 2. The molecule has 0 radical (unpaired) electrons. The lowest BCUT2D eigenvalue weighted by atomic mass is 10.2. The fourth-order valence-corrected chi connectivity index (χ4v) is 2.04. The normalized spacial score (nSPS) is 12.5. The molecule has 1 aromatic carbocycles. The zero-order chi connectivity index (χ0) is 13.7. The minimum atomic E-state index is -0.149. The summed E-state index contributed by atoms with van der Waals surface area (Å²) in [5, 5.41) is 2.84. The number of halogens is 1. The zero-order valence-corrected chi connectivity index (χ0v) is 12.0. The van der Waals surface area contributed by atoms with Gasteiger partial charge in [0.05, 0.1) is 6.04 Å². The Morgan fingerprint density at radius 2 is 2.37 bits per heavy atom. The van der Waals surface area contributed by atoms with Crippen molar-refractivity contribution in [1.29, 1.82) is 0 Å². The average molecular weight is 320 g/mol. The van der Waals surface area contributed by atoms with Gasteiger partial charge in [0.1, 0.15) is 5.82 Å². The predicted molar refractivity (Wildman–Crippen MR) is 78.3 cm³/mol. The second kappa shape index (κ2) is 6.33. The Balaban J connectivity index is 1.94. The molecule has 1 atom stereocenters. The van der Waals surface area contributed by atoms with E-state index in [-0.39, 0.29) is 11.9 Å². The van der Waals surface area contributed by atoms with Gasteiger partial charge < -0.3 is 10.3 Å². The van der Waals surface area contributed by atoms with Gasteiger partial charge in [-0.25, -0.2) is 4.98 Å². The smallest absolute Gasteiger partial charge is 0.244 e. The molecule has 4 nitrogen and oxygen atoms in total. The van der Waals surface area contributed by atoms with Crippen molar-refractivity contribution in [3.8, 4) is 0 Å². The van der Waals surface area contributed by atoms with E-state index in [1.54, 1.807) is 18.5 Å². The number of imidazole rings is 1. The lowest BCUT2D eigenvalue weighted by Crippen LogP contribution is -2.25. The lowest BCUT2D eigenvalue weighted by molar-refractivity contribution is -0.117. The summed E-state index contributed by atoms with van der Waals surface area (Å²) < 4.78 is 0.985. The van der Waals surface area contributed by atoms with Gasteiger partial charge in [0.15, 0.2) is 0 Å². The second-order valence-corrected chi connectivity index (χ2v) is 5.01. The Hall–Kier alpha value is -1.88. The summed E-state index contributed by atoms with van der Waals surface area (Å²) in [7, 11) is 0. The largest absolute Gasteiger partial charge is 0.347 e. The third-order valence-electron chi connectivity index (χ3n) is 2.56. The van der Waals surface area contributed by atoms with Gasteiger partial charge in [-0.1, -0.05) is 28.1 Å². The summed E-state index contributed by atoms with van der Waals surface area (Å²) in [6.45, 7) is 1.88. The summed E-state index contributed by atoms with van der Waals surface area (Å²) in [6.07, 6.45) is 6.68. The third kappa shape index (κ3) is 4.06. The van der Waals surface area contributed by atoms with Gasteiger partial charge in [-0.3, -0.25) is 4.79 Å². The van der Waals surface area contributed by atoms with Crippen LogP contribution in [0.1, 0.15) is 24.4 Å². The SMILES string of the molecule is CC(NC(=O)/C=C/c1cccc(Br)c1)c1ncc[nH]1. The maximum Gasteiger partial charge on any atom is 0.244 e. The monoisotopic (exact) mass is 319 g/mol. The number of hydrogen-bond acceptors (Lipinski definition) is 2. The van der Waals surface area contributed by atoms with Crippen LogP contribution in [-0.2, 0) is 4.79 Å². The van der Waals surface area contributed by atoms with Crippen LogP contribution in [0.3, 0.4) is 0 Å². The molecule has 1 heterocycles. The van der Waals surface area contributed by atoms with Gasteiger partial charge in [-0.2, -0.15) is 0 Å². The van der Waals surface area contributed by atoms with Crippen molar-refractivity contribution in [3.05, 3.63) is 58.6 Å². The highest BCUT2D eigenvalue weighted by atomic mass is 79.9. The van der Waals surface area contributed by atoms with Gasteiger partial charge in [-0.15, -0.1) is 0 Å². The van der Waals surface area contributed by atoms with Crippen LogP contribution < -0.4 is 5.32 Å². The lowest BCUT2D eigenvalue weighted by Gasteiger charge is -2.09. The quantitative estimate of drug-likeness (QED) is 0.851. The van der Waals surface area contributed by atoms with Crippen LogP contribution in [0.4, 0.5) is 0 Å². The first-order valence-electron chi connectivity index (χ1n) is 5.88. The maximum atomic E-state index is 11.8. The summed E-state index contributed by atoms with van der Waals surface area (Å²) in [5.74, 6) is 0.591. The molecular weight excluding hydrogens is 306 g/mol. The maximum absolute atomic E-state index is 11.8. The summed E-state index contributed by atoms with van der Waals surface area (Å²) >= 11 is 3.39. The molecule has 98 valence electrons. The first-order valence-corrected chi connectivity index (χ1v) is 6.68. The van der Waals surface area contributed by atoms with E-state index in [4.69, 9.17) is 0 Å². The molecule has 19 heavy (non-hydrogen) atoms. The average Bonchev–Trinajstić information content (AvgIpc) is 2.90. The van der Waals surface area contributed by atoms with Crippen LogP contribution in [0, 0.1) is 0 Å². The Kier molecular flexibility index (Phi) is 4.52. The standard InChI is InChI=1S/C14H14BrN3O/c1-10(14-16-7-8-17-14)18-13(19)6-5-11-3-2-4-12(15)9-11/h2-10H,1H3,(H,16,17)(H,18,19)/b6-5+. The minimum absolute atomic E-state index is 0.144. The molecule has 2 N–H and O–H groups in total. The molecule has 0 spiro atoms. The van der Waals surface area contributed by atoms with Crippen LogP contribution in [0.2, 0.25) is 0 Å². The van der Waals surface area contributed by atoms with Crippen molar-refractivity contribution >= 4 is 27.9 Å². The molecule has 0 saturated heterocycles. The van der Waals surface area contributed by atoms with Crippen molar-refractivity contribution in [2.24, 2.45) is 0 Å². The van der Waals surface area contributed by atoms with Crippen LogP contribution in [0.5, 0.6) is 0 Å². The molecule has 0 aliphatic rings. The Bertz CT molecular complexity index is 578. The van der Waals surface area contributed by atoms with Gasteiger partial charge >= 0.3 is 0 Å². The molecule has 5 heteroatoms. The molecular formula is C14H14BrN3O. The summed E-state index contributed by atoms with van der Waals surface area (Å²) in [4.78, 5) is 18.8. The predicted octanol–water partition coefficient (Wildman–Crippen LogP) is 3.06. The Morgan fingerprint density at radius 1 is 1.53 bits per heavy atom. The number of carbonyl (C=O) groups excluding carboxylic acids is 1. The minimum Gasteiger partial charge on any atom is -0.347 e. The fourth-order valence-electron chi connectivity index (χ4n) is 1.63. The molecule has 1 unspecified atom stereocenters. The number of nitrogens with one attached hydrogen (secondary N) is 2. The number of aromatic nitrogens is 2. The van der Waals surface area contributed by atoms with Crippen molar-refractivity contribution in [2.75, 3.05) is 0 Å². The van der Waals surface area contributed by atoms with Crippen LogP contribution in [-0.4, -0.2) is 15.9 Å². The molecule has 0 saturated carbocycles. The van der Waals surface area contributed by atoms with Crippen molar-refractivity contribution in [1.82, 2.24) is 15.3 Å². The van der Waals surface area contributed by atoms with Gasteiger partial charge in [0.25, 0.3) is 0 Å². The van der Waals surface area contributed by atoms with Crippen LogP contribution in [0.15, 0.2) is 47.2 Å². The summed E-state index contributed by atoms with van der Waals surface area (Å²) in [6, 6.07) is 7.60. The topological polar surface area (TPSA) is 57.8 Å². The van der Waals surface area contributed by atoms with Gasteiger partial charge in [0.2, 0.25) is 5.91 Å². The molecule has 0 aliphatic carbocycles.